The Morgan fingerprint density at radius 2 is 2.20 bits per heavy atom. The summed E-state index contributed by atoms with van der Waals surface area (Å²) in [6, 6.07) is 4.64. The first-order valence-corrected chi connectivity index (χ1v) is 6.45. The maximum absolute atomic E-state index is 3.38. The number of dihydropyridines is 1. The lowest BCUT2D eigenvalue weighted by Crippen LogP contribution is -2.15. The van der Waals surface area contributed by atoms with E-state index in [-0.39, 0.29) is 0 Å². The normalized spacial score (nSPS) is 18.6. The smallest absolute Gasteiger partial charge is 0.0789 e. The van der Waals surface area contributed by atoms with Crippen molar-refractivity contribution in [3.8, 4) is 0 Å². The van der Waals surface area contributed by atoms with E-state index in [1.165, 1.54) is 10.5 Å². The minimum atomic E-state index is 0.385. The van der Waals surface area contributed by atoms with Crippen LogP contribution in [0.4, 0.5) is 0 Å². The number of rotatable bonds is 2. The molecule has 2 heterocycles. The van der Waals surface area contributed by atoms with Gasteiger partial charge in [-0.3, -0.25) is 0 Å². The van der Waals surface area contributed by atoms with Crippen molar-refractivity contribution in [3.63, 3.8) is 0 Å². The van der Waals surface area contributed by atoms with E-state index in [1.807, 2.05) is 13.8 Å². The van der Waals surface area contributed by atoms with E-state index in [0.717, 1.165) is 6.42 Å². The Labute approximate surface area is 96.5 Å². The predicted molar refractivity (Wildman–Crippen MR) is 69.1 cm³/mol. The second-order valence-electron chi connectivity index (χ2n) is 3.09. The van der Waals surface area contributed by atoms with E-state index in [0.29, 0.717) is 6.04 Å². The Bertz CT molecular complexity index is 322. The molecule has 0 amide bonds. The molecule has 0 fully saturated rings. The van der Waals surface area contributed by atoms with Crippen LogP contribution in [0.5, 0.6) is 0 Å². The first-order valence-electron chi connectivity index (χ1n) is 5.57. The maximum Gasteiger partial charge on any atom is 0.0789 e. The van der Waals surface area contributed by atoms with Crippen LogP contribution in [-0.4, -0.2) is 0 Å². The molecule has 1 unspecified atom stereocenters. The Kier molecular flexibility index (Phi) is 5.19. The van der Waals surface area contributed by atoms with Crippen LogP contribution in [0.1, 0.15) is 38.1 Å². The first kappa shape index (κ1) is 12.1. The highest BCUT2D eigenvalue weighted by Gasteiger charge is 2.09. The minimum absolute atomic E-state index is 0.385. The Hall–Kier alpha value is -1.02. The molecule has 1 N–H and O–H groups in total. The zero-order valence-electron chi connectivity index (χ0n) is 9.66. The number of nitrogens with one attached hydrogen (secondary N) is 1. The lowest BCUT2D eigenvalue weighted by molar-refractivity contribution is 0.747. The van der Waals surface area contributed by atoms with E-state index < -0.39 is 0 Å². The molecule has 0 aliphatic carbocycles. The molecule has 15 heavy (non-hydrogen) atoms. The lowest BCUT2D eigenvalue weighted by Gasteiger charge is -2.16. The molecule has 1 aromatic heterocycles. The van der Waals surface area contributed by atoms with Crippen LogP contribution >= 0.6 is 11.3 Å². The molecular weight excluding hydrogens is 202 g/mol. The summed E-state index contributed by atoms with van der Waals surface area (Å²) in [5, 5.41) is 5.50. The molecular formula is C13H19NS. The molecule has 2 rings (SSSR count). The maximum atomic E-state index is 3.38. The molecule has 0 radical (unpaired) electrons. The zero-order valence-corrected chi connectivity index (χ0v) is 10.5. The van der Waals surface area contributed by atoms with Crippen molar-refractivity contribution in [2.24, 2.45) is 0 Å². The van der Waals surface area contributed by atoms with Crippen LogP contribution < -0.4 is 5.32 Å². The molecule has 1 atom stereocenters. The van der Waals surface area contributed by atoms with Gasteiger partial charge in [0.2, 0.25) is 0 Å². The Morgan fingerprint density at radius 3 is 2.67 bits per heavy atom. The van der Waals surface area contributed by atoms with Gasteiger partial charge in [-0.2, -0.15) is 0 Å². The number of hydrogen-bond donors (Lipinski definition) is 1. The molecule has 1 aromatic rings. The van der Waals surface area contributed by atoms with Crippen molar-refractivity contribution in [3.05, 3.63) is 46.3 Å². The summed E-state index contributed by atoms with van der Waals surface area (Å²) in [4.78, 5) is 1.38. The van der Waals surface area contributed by atoms with Gasteiger partial charge in [0.15, 0.2) is 0 Å². The number of allylic oxidation sites excluding steroid dienone is 2. The molecule has 1 aliphatic heterocycles. The van der Waals surface area contributed by atoms with Crippen molar-refractivity contribution in [1.82, 2.24) is 5.32 Å². The van der Waals surface area contributed by atoms with Gasteiger partial charge in [-0.1, -0.05) is 39.0 Å². The van der Waals surface area contributed by atoms with Gasteiger partial charge in [-0.15, -0.1) is 11.3 Å². The van der Waals surface area contributed by atoms with E-state index >= 15 is 0 Å². The van der Waals surface area contributed by atoms with Gasteiger partial charge in [0.1, 0.15) is 0 Å². The fraction of sp³-hybridized carbons (Fsp3) is 0.385. The van der Waals surface area contributed by atoms with Crippen LogP contribution in [0.2, 0.25) is 0 Å². The van der Waals surface area contributed by atoms with Crippen LogP contribution in [-0.2, 0) is 0 Å². The van der Waals surface area contributed by atoms with Crippen LogP contribution in [0.3, 0.4) is 0 Å². The topological polar surface area (TPSA) is 12.0 Å². The largest absolute Gasteiger partial charge is 0.380 e. The van der Waals surface area contributed by atoms with Crippen molar-refractivity contribution in [1.29, 1.82) is 0 Å². The molecule has 0 saturated carbocycles. The van der Waals surface area contributed by atoms with Crippen molar-refractivity contribution in [2.45, 2.75) is 33.2 Å². The Morgan fingerprint density at radius 1 is 1.40 bits per heavy atom. The summed E-state index contributed by atoms with van der Waals surface area (Å²) in [5.41, 5.74) is 1.37. The van der Waals surface area contributed by atoms with Gasteiger partial charge < -0.3 is 5.32 Å². The van der Waals surface area contributed by atoms with Crippen molar-refractivity contribution < 1.29 is 0 Å². The average Bonchev–Trinajstić information content (AvgIpc) is 2.85. The first-order chi connectivity index (χ1) is 7.40. The highest BCUT2D eigenvalue weighted by Crippen LogP contribution is 2.23. The third-order valence-electron chi connectivity index (χ3n) is 2.21. The lowest BCUT2D eigenvalue weighted by atomic mass is 10.1. The van der Waals surface area contributed by atoms with E-state index in [4.69, 9.17) is 0 Å². The van der Waals surface area contributed by atoms with Crippen molar-refractivity contribution >= 4 is 11.3 Å². The average molecular weight is 221 g/mol. The second kappa shape index (κ2) is 6.46. The van der Waals surface area contributed by atoms with Crippen molar-refractivity contribution in [2.75, 3.05) is 0 Å². The van der Waals surface area contributed by atoms with Crippen LogP contribution in [0, 0.1) is 0 Å². The second-order valence-corrected chi connectivity index (χ2v) is 4.07. The highest BCUT2D eigenvalue weighted by molar-refractivity contribution is 7.10. The monoisotopic (exact) mass is 221 g/mol. The molecule has 0 bridgehead atoms. The summed E-state index contributed by atoms with van der Waals surface area (Å²) in [6.45, 7) is 6.17. The molecule has 0 spiro atoms. The molecule has 0 aromatic carbocycles. The third kappa shape index (κ3) is 3.24. The van der Waals surface area contributed by atoms with E-state index in [1.54, 1.807) is 11.3 Å². The van der Waals surface area contributed by atoms with E-state index in [2.05, 4.69) is 48.1 Å². The zero-order chi connectivity index (χ0) is 11.1. The summed E-state index contributed by atoms with van der Waals surface area (Å²) >= 11 is 1.80. The third-order valence-corrected chi connectivity index (χ3v) is 3.16. The van der Waals surface area contributed by atoms with Gasteiger partial charge in [0.25, 0.3) is 0 Å². The number of hydrogen-bond acceptors (Lipinski definition) is 2. The molecule has 1 aliphatic rings. The number of thiophene rings is 1. The van der Waals surface area contributed by atoms with Gasteiger partial charge in [-0.05, 0) is 23.4 Å². The molecule has 1 nitrogen and oxygen atoms in total. The standard InChI is InChI=1S/C11H13NS.C2H6/c1-2-9-5-6-10(12-8-9)11-4-3-7-13-11;1-2/h3-8,10,12H,2H2,1H3;1-2H3. The van der Waals surface area contributed by atoms with E-state index in [9.17, 15) is 0 Å². The van der Waals surface area contributed by atoms with Gasteiger partial charge in [0, 0.05) is 11.1 Å². The molecule has 2 heteroatoms. The van der Waals surface area contributed by atoms with Gasteiger partial charge in [0.05, 0.1) is 6.04 Å². The SMILES string of the molecule is CC.CCC1=CNC(c2cccs2)C=C1. The predicted octanol–water partition coefficient (Wildman–Crippen LogP) is 4.27. The highest BCUT2D eigenvalue weighted by atomic mass is 32.1. The van der Waals surface area contributed by atoms with Gasteiger partial charge in [-0.25, -0.2) is 0 Å². The fourth-order valence-corrected chi connectivity index (χ4v) is 2.15. The summed E-state index contributed by atoms with van der Waals surface area (Å²) in [7, 11) is 0. The fourth-order valence-electron chi connectivity index (χ4n) is 1.39. The quantitative estimate of drug-likeness (QED) is 0.786. The minimum Gasteiger partial charge on any atom is -0.380 e. The van der Waals surface area contributed by atoms with Gasteiger partial charge >= 0.3 is 0 Å². The Balaban J connectivity index is 0.000000531. The summed E-state index contributed by atoms with van der Waals surface area (Å²) < 4.78 is 0. The molecule has 0 saturated heterocycles. The summed E-state index contributed by atoms with van der Waals surface area (Å²) in [5.74, 6) is 0. The van der Waals surface area contributed by atoms with Crippen LogP contribution in [0.25, 0.3) is 0 Å². The molecule has 82 valence electrons. The van der Waals surface area contributed by atoms with Crippen LogP contribution in [0.15, 0.2) is 41.4 Å². The summed E-state index contributed by atoms with van der Waals surface area (Å²) in [6.07, 6.45) is 7.65.